The zero-order valence-corrected chi connectivity index (χ0v) is 17.1. The van der Waals surface area contributed by atoms with Gasteiger partial charge < -0.3 is 15.1 Å². The molecule has 0 saturated carbocycles. The molecule has 2 aromatic rings. The Hall–Kier alpha value is -2.53. The summed E-state index contributed by atoms with van der Waals surface area (Å²) in [7, 11) is 0. The average Bonchev–Trinajstić information content (AvgIpc) is 2.70. The second kappa shape index (κ2) is 9.11. The summed E-state index contributed by atoms with van der Waals surface area (Å²) in [5, 5.41) is 3.39. The van der Waals surface area contributed by atoms with Gasteiger partial charge in [-0.2, -0.15) is 0 Å². The number of anilines is 3. The molecule has 1 heterocycles. The predicted octanol–water partition coefficient (Wildman–Crippen LogP) is 4.63. The minimum atomic E-state index is -0.268. The van der Waals surface area contributed by atoms with Crippen molar-refractivity contribution in [1.82, 2.24) is 0 Å². The Balaban J connectivity index is 1.67. The molecule has 1 aliphatic heterocycles. The smallest absolute Gasteiger partial charge is 0.244 e. The monoisotopic (exact) mass is 399 g/mol. The Kier molecular flexibility index (Phi) is 6.57. The highest BCUT2D eigenvalue weighted by atomic mass is 35.5. The summed E-state index contributed by atoms with van der Waals surface area (Å²) in [6, 6.07) is 13.2. The molecule has 28 heavy (non-hydrogen) atoms. The molecule has 3 rings (SSSR count). The van der Waals surface area contributed by atoms with Crippen LogP contribution in [0.4, 0.5) is 17.1 Å². The van der Waals surface area contributed by atoms with Crippen LogP contribution in [0.15, 0.2) is 42.5 Å². The van der Waals surface area contributed by atoms with Crippen molar-refractivity contribution >= 4 is 40.5 Å². The van der Waals surface area contributed by atoms with Gasteiger partial charge in [0.2, 0.25) is 11.8 Å². The van der Waals surface area contributed by atoms with E-state index in [1.165, 1.54) is 31.1 Å². The summed E-state index contributed by atoms with van der Waals surface area (Å²) in [6.07, 6.45) is 3.71. The fraction of sp³-hybridized carbons (Fsp3) is 0.364. The molecular formula is C22H26ClN3O2. The van der Waals surface area contributed by atoms with E-state index in [-0.39, 0.29) is 18.4 Å². The highest BCUT2D eigenvalue weighted by molar-refractivity contribution is 6.31. The van der Waals surface area contributed by atoms with Gasteiger partial charge in [0.15, 0.2) is 0 Å². The standard InChI is InChI=1S/C22H26ClN3O2/c1-16-6-7-18(14-21(16)23)24-22(28)15-26(17(2)27)20-10-8-19(9-11-20)25-12-4-3-5-13-25/h6-11,14H,3-5,12-13,15H2,1-2H3,(H,24,28). The number of benzene rings is 2. The van der Waals surface area contributed by atoms with E-state index in [1.807, 2.05) is 37.3 Å². The fourth-order valence-corrected chi connectivity index (χ4v) is 3.58. The molecule has 0 unspecified atom stereocenters. The quantitative estimate of drug-likeness (QED) is 0.797. The zero-order valence-electron chi connectivity index (χ0n) is 16.4. The summed E-state index contributed by atoms with van der Waals surface area (Å²) in [4.78, 5) is 28.4. The lowest BCUT2D eigenvalue weighted by Gasteiger charge is -2.29. The van der Waals surface area contributed by atoms with Crippen LogP contribution in [0.2, 0.25) is 5.02 Å². The molecule has 148 valence electrons. The number of hydrogen-bond donors (Lipinski definition) is 1. The first kappa shape index (κ1) is 20.2. The van der Waals surface area contributed by atoms with Crippen LogP contribution in [0.1, 0.15) is 31.7 Å². The molecule has 2 amide bonds. The number of hydrogen-bond acceptors (Lipinski definition) is 3. The first-order valence-electron chi connectivity index (χ1n) is 9.63. The number of halogens is 1. The van der Waals surface area contributed by atoms with Crippen molar-refractivity contribution in [3.05, 3.63) is 53.1 Å². The molecule has 0 aromatic heterocycles. The molecule has 1 aliphatic rings. The van der Waals surface area contributed by atoms with Crippen LogP contribution in [0.5, 0.6) is 0 Å². The largest absolute Gasteiger partial charge is 0.372 e. The van der Waals surface area contributed by atoms with Crippen molar-refractivity contribution in [2.75, 3.05) is 34.8 Å². The second-order valence-corrected chi connectivity index (χ2v) is 7.59. The van der Waals surface area contributed by atoms with Crippen LogP contribution in [-0.2, 0) is 9.59 Å². The number of piperidine rings is 1. The maximum atomic E-state index is 12.5. The Morgan fingerprint density at radius 3 is 2.36 bits per heavy atom. The first-order valence-corrected chi connectivity index (χ1v) is 10.0. The number of carbonyl (C=O) groups excluding carboxylic acids is 2. The summed E-state index contributed by atoms with van der Waals surface area (Å²) in [5.74, 6) is -0.446. The summed E-state index contributed by atoms with van der Waals surface area (Å²) in [6.45, 7) is 5.45. The molecule has 1 saturated heterocycles. The van der Waals surface area contributed by atoms with Gasteiger partial charge >= 0.3 is 0 Å². The number of carbonyl (C=O) groups is 2. The maximum absolute atomic E-state index is 12.5. The van der Waals surface area contributed by atoms with Crippen molar-refractivity contribution in [3.63, 3.8) is 0 Å². The van der Waals surface area contributed by atoms with Crippen molar-refractivity contribution in [1.29, 1.82) is 0 Å². The topological polar surface area (TPSA) is 52.7 Å². The molecule has 1 fully saturated rings. The van der Waals surface area contributed by atoms with Crippen LogP contribution in [-0.4, -0.2) is 31.4 Å². The minimum Gasteiger partial charge on any atom is -0.372 e. The fourth-order valence-electron chi connectivity index (χ4n) is 3.39. The second-order valence-electron chi connectivity index (χ2n) is 7.18. The van der Waals surface area contributed by atoms with E-state index in [1.54, 1.807) is 12.1 Å². The Labute approximate surface area is 171 Å². The van der Waals surface area contributed by atoms with E-state index < -0.39 is 0 Å². The number of rotatable bonds is 5. The number of amides is 2. The van der Waals surface area contributed by atoms with Gasteiger partial charge in [0.05, 0.1) is 0 Å². The van der Waals surface area contributed by atoms with E-state index in [0.717, 1.165) is 24.3 Å². The third kappa shape index (κ3) is 5.04. The predicted molar refractivity (Wildman–Crippen MR) is 115 cm³/mol. The van der Waals surface area contributed by atoms with Gasteiger partial charge in [-0.15, -0.1) is 0 Å². The van der Waals surface area contributed by atoms with Gasteiger partial charge in [-0.1, -0.05) is 17.7 Å². The lowest BCUT2D eigenvalue weighted by Crippen LogP contribution is -2.36. The normalized spacial score (nSPS) is 13.9. The molecule has 1 N–H and O–H groups in total. The van der Waals surface area contributed by atoms with Crippen LogP contribution >= 0.6 is 11.6 Å². The first-order chi connectivity index (χ1) is 13.4. The van der Waals surface area contributed by atoms with E-state index in [9.17, 15) is 9.59 Å². The lowest BCUT2D eigenvalue weighted by molar-refractivity contribution is -0.120. The molecule has 5 nitrogen and oxygen atoms in total. The van der Waals surface area contributed by atoms with E-state index in [0.29, 0.717) is 16.4 Å². The van der Waals surface area contributed by atoms with Gasteiger partial charge in [0.25, 0.3) is 0 Å². The summed E-state index contributed by atoms with van der Waals surface area (Å²) < 4.78 is 0. The average molecular weight is 400 g/mol. The number of nitrogens with zero attached hydrogens (tertiary/aromatic N) is 2. The third-order valence-electron chi connectivity index (χ3n) is 5.02. The molecular weight excluding hydrogens is 374 g/mol. The Morgan fingerprint density at radius 1 is 1.07 bits per heavy atom. The van der Waals surface area contributed by atoms with Gasteiger partial charge in [0, 0.05) is 42.1 Å². The van der Waals surface area contributed by atoms with Crippen LogP contribution in [0, 0.1) is 6.92 Å². The molecule has 0 spiro atoms. The summed E-state index contributed by atoms with van der Waals surface area (Å²) >= 11 is 6.11. The Morgan fingerprint density at radius 2 is 1.75 bits per heavy atom. The summed E-state index contributed by atoms with van der Waals surface area (Å²) in [5.41, 5.74) is 3.43. The maximum Gasteiger partial charge on any atom is 0.244 e. The van der Waals surface area contributed by atoms with Gasteiger partial charge in [-0.05, 0) is 68.1 Å². The molecule has 0 atom stereocenters. The van der Waals surface area contributed by atoms with Crippen molar-refractivity contribution in [2.45, 2.75) is 33.1 Å². The molecule has 6 heteroatoms. The van der Waals surface area contributed by atoms with Crippen LogP contribution in [0.25, 0.3) is 0 Å². The van der Waals surface area contributed by atoms with Gasteiger partial charge in [-0.25, -0.2) is 0 Å². The molecule has 0 bridgehead atoms. The van der Waals surface area contributed by atoms with Crippen molar-refractivity contribution in [3.8, 4) is 0 Å². The minimum absolute atomic E-state index is 0.0517. The lowest BCUT2D eigenvalue weighted by atomic mass is 10.1. The Bertz CT molecular complexity index is 845. The third-order valence-corrected chi connectivity index (χ3v) is 5.43. The molecule has 2 aromatic carbocycles. The van der Waals surface area contributed by atoms with E-state index in [2.05, 4.69) is 10.2 Å². The highest BCUT2D eigenvalue weighted by Gasteiger charge is 2.17. The van der Waals surface area contributed by atoms with Crippen molar-refractivity contribution in [2.24, 2.45) is 0 Å². The number of aryl methyl sites for hydroxylation is 1. The van der Waals surface area contributed by atoms with Crippen molar-refractivity contribution < 1.29 is 9.59 Å². The van der Waals surface area contributed by atoms with Gasteiger partial charge in [0.1, 0.15) is 6.54 Å². The molecule has 0 radical (unpaired) electrons. The van der Waals surface area contributed by atoms with E-state index >= 15 is 0 Å². The highest BCUT2D eigenvalue weighted by Crippen LogP contribution is 2.24. The van der Waals surface area contributed by atoms with E-state index in [4.69, 9.17) is 11.6 Å². The molecule has 0 aliphatic carbocycles. The van der Waals surface area contributed by atoms with Crippen LogP contribution < -0.4 is 15.1 Å². The van der Waals surface area contributed by atoms with Crippen LogP contribution in [0.3, 0.4) is 0 Å². The zero-order chi connectivity index (χ0) is 20.1. The van der Waals surface area contributed by atoms with Gasteiger partial charge in [-0.3, -0.25) is 9.59 Å². The number of nitrogens with one attached hydrogen (secondary N) is 1. The SMILES string of the molecule is CC(=O)N(CC(=O)Nc1ccc(C)c(Cl)c1)c1ccc(N2CCCCC2)cc1.